The van der Waals surface area contributed by atoms with Crippen LogP contribution >= 0.6 is 0 Å². The lowest BCUT2D eigenvalue weighted by Gasteiger charge is -2.36. The molecule has 0 radical (unpaired) electrons. The van der Waals surface area contributed by atoms with Gasteiger partial charge < -0.3 is 9.80 Å². The summed E-state index contributed by atoms with van der Waals surface area (Å²) in [5.74, 6) is 1.10. The zero-order chi connectivity index (χ0) is 21.3. The molecule has 2 saturated heterocycles. The van der Waals surface area contributed by atoms with Crippen LogP contribution in [-0.4, -0.2) is 61.7 Å². The lowest BCUT2D eigenvalue weighted by Crippen LogP contribution is -2.49. The van der Waals surface area contributed by atoms with Crippen LogP contribution in [0.2, 0.25) is 0 Å². The van der Waals surface area contributed by atoms with Gasteiger partial charge in [-0.3, -0.25) is 0 Å². The normalized spacial score (nSPS) is 21.1. The van der Waals surface area contributed by atoms with E-state index < -0.39 is 15.8 Å². The van der Waals surface area contributed by atoms with E-state index in [2.05, 4.69) is 22.0 Å². The Hall–Kier alpha value is -2.26. The third kappa shape index (κ3) is 4.13. The third-order valence-corrected chi connectivity index (χ3v) is 8.10. The first-order valence-corrected chi connectivity index (χ1v) is 11.9. The van der Waals surface area contributed by atoms with E-state index in [1.54, 1.807) is 6.92 Å². The van der Waals surface area contributed by atoms with Gasteiger partial charge in [-0.1, -0.05) is 6.07 Å². The molecule has 162 valence electrons. The zero-order valence-electron chi connectivity index (χ0n) is 17.5. The number of aryl methyl sites for hydroxylation is 1. The number of hydrogen-bond donors (Lipinski definition) is 0. The van der Waals surface area contributed by atoms with E-state index in [0.717, 1.165) is 24.2 Å². The SMILES string of the molecule is Cc1ccc(F)cc1S(=O)(=O)N1CCN(c2ccc(N3CCCCC3C)nn2)CC1. The minimum atomic E-state index is -3.72. The van der Waals surface area contributed by atoms with Gasteiger partial charge in [0.15, 0.2) is 11.6 Å². The van der Waals surface area contributed by atoms with Gasteiger partial charge in [0, 0.05) is 38.8 Å². The topological polar surface area (TPSA) is 69.6 Å². The highest BCUT2D eigenvalue weighted by atomic mass is 32.2. The Balaban J connectivity index is 1.42. The van der Waals surface area contributed by atoms with Crippen LogP contribution in [0.3, 0.4) is 0 Å². The number of benzene rings is 1. The van der Waals surface area contributed by atoms with Crippen LogP contribution in [-0.2, 0) is 10.0 Å². The van der Waals surface area contributed by atoms with Crippen molar-refractivity contribution in [3.05, 3.63) is 41.7 Å². The van der Waals surface area contributed by atoms with Crippen molar-refractivity contribution >= 4 is 21.7 Å². The Morgan fingerprint density at radius 1 is 0.967 bits per heavy atom. The molecule has 0 amide bonds. The number of aromatic nitrogens is 2. The summed E-state index contributed by atoms with van der Waals surface area (Å²) in [4.78, 5) is 4.38. The van der Waals surface area contributed by atoms with Crippen molar-refractivity contribution < 1.29 is 12.8 Å². The molecular formula is C21H28FN5O2S. The first-order chi connectivity index (χ1) is 14.4. The number of hydrogen-bond acceptors (Lipinski definition) is 6. The van der Waals surface area contributed by atoms with Crippen LogP contribution in [0.1, 0.15) is 31.7 Å². The molecule has 0 spiro atoms. The van der Waals surface area contributed by atoms with Crippen molar-refractivity contribution in [1.29, 1.82) is 0 Å². The molecular weight excluding hydrogens is 405 g/mol. The second-order valence-electron chi connectivity index (χ2n) is 8.09. The Bertz CT molecular complexity index is 991. The number of halogens is 1. The zero-order valence-corrected chi connectivity index (χ0v) is 18.3. The van der Waals surface area contributed by atoms with Crippen LogP contribution in [0, 0.1) is 12.7 Å². The van der Waals surface area contributed by atoms with Crippen molar-refractivity contribution in [2.75, 3.05) is 42.5 Å². The number of anilines is 2. The lowest BCUT2D eigenvalue weighted by atomic mass is 10.0. The van der Waals surface area contributed by atoms with E-state index in [-0.39, 0.29) is 4.90 Å². The Morgan fingerprint density at radius 2 is 1.67 bits per heavy atom. The van der Waals surface area contributed by atoms with Crippen LogP contribution in [0.25, 0.3) is 0 Å². The molecule has 30 heavy (non-hydrogen) atoms. The van der Waals surface area contributed by atoms with Crippen LogP contribution in [0.15, 0.2) is 35.2 Å². The first-order valence-electron chi connectivity index (χ1n) is 10.5. The van der Waals surface area contributed by atoms with Crippen LogP contribution in [0.4, 0.5) is 16.0 Å². The van der Waals surface area contributed by atoms with Crippen molar-refractivity contribution in [2.24, 2.45) is 0 Å². The summed E-state index contributed by atoms with van der Waals surface area (Å²) >= 11 is 0. The summed E-state index contributed by atoms with van der Waals surface area (Å²) in [6.07, 6.45) is 3.60. The monoisotopic (exact) mass is 433 g/mol. The van der Waals surface area contributed by atoms with Crippen molar-refractivity contribution in [1.82, 2.24) is 14.5 Å². The summed E-state index contributed by atoms with van der Waals surface area (Å²) in [7, 11) is -3.72. The van der Waals surface area contributed by atoms with E-state index in [4.69, 9.17) is 0 Å². The van der Waals surface area contributed by atoms with Gasteiger partial charge >= 0.3 is 0 Å². The standard InChI is InChI=1S/C21H28FN5O2S/c1-16-6-7-18(22)15-19(16)30(28,29)26-13-11-25(12-14-26)20-8-9-21(24-23-20)27-10-4-3-5-17(27)2/h6-9,15,17H,3-5,10-14H2,1-2H3. The quantitative estimate of drug-likeness (QED) is 0.739. The molecule has 4 rings (SSSR count). The molecule has 0 saturated carbocycles. The number of rotatable bonds is 4. The maximum absolute atomic E-state index is 13.6. The van der Waals surface area contributed by atoms with E-state index in [0.29, 0.717) is 37.8 Å². The summed E-state index contributed by atoms with van der Waals surface area (Å²) in [6.45, 7) is 6.59. The molecule has 1 atom stereocenters. The second-order valence-corrected chi connectivity index (χ2v) is 10.00. The predicted octanol–water partition coefficient (Wildman–Crippen LogP) is 2.81. The average molecular weight is 434 g/mol. The van der Waals surface area contributed by atoms with Crippen molar-refractivity contribution in [3.8, 4) is 0 Å². The molecule has 0 N–H and O–H groups in total. The smallest absolute Gasteiger partial charge is 0.243 e. The van der Waals surface area contributed by atoms with Gasteiger partial charge in [-0.2, -0.15) is 4.31 Å². The molecule has 1 aromatic heterocycles. The molecule has 0 bridgehead atoms. The molecule has 1 unspecified atom stereocenters. The van der Waals surface area contributed by atoms with Crippen molar-refractivity contribution in [2.45, 2.75) is 44.0 Å². The van der Waals surface area contributed by atoms with Gasteiger partial charge in [0.1, 0.15) is 5.82 Å². The fraction of sp³-hybridized carbons (Fsp3) is 0.524. The molecule has 2 aliphatic heterocycles. The third-order valence-electron chi connectivity index (χ3n) is 6.06. The second kappa shape index (κ2) is 8.47. The number of sulfonamides is 1. The molecule has 1 aromatic carbocycles. The summed E-state index contributed by atoms with van der Waals surface area (Å²) in [5, 5.41) is 8.83. The fourth-order valence-corrected chi connectivity index (χ4v) is 5.89. The van der Waals surface area contributed by atoms with Crippen molar-refractivity contribution in [3.63, 3.8) is 0 Å². The molecule has 2 fully saturated rings. The molecule has 2 aliphatic rings. The highest BCUT2D eigenvalue weighted by Crippen LogP contribution is 2.25. The van der Waals surface area contributed by atoms with Crippen LogP contribution in [0.5, 0.6) is 0 Å². The minimum absolute atomic E-state index is 0.0377. The van der Waals surface area contributed by atoms with Crippen LogP contribution < -0.4 is 9.80 Å². The van der Waals surface area contributed by atoms with Gasteiger partial charge in [-0.05, 0) is 62.9 Å². The van der Waals surface area contributed by atoms with E-state index >= 15 is 0 Å². The Morgan fingerprint density at radius 3 is 2.33 bits per heavy atom. The first kappa shape index (κ1) is 21.0. The summed E-state index contributed by atoms with van der Waals surface area (Å²) in [5.41, 5.74) is 0.548. The highest BCUT2D eigenvalue weighted by Gasteiger charge is 2.30. The van der Waals surface area contributed by atoms with Gasteiger partial charge in [-0.15, -0.1) is 10.2 Å². The molecule has 3 heterocycles. The predicted molar refractivity (Wildman–Crippen MR) is 115 cm³/mol. The van der Waals surface area contributed by atoms with E-state index in [1.807, 2.05) is 17.0 Å². The molecule has 0 aliphatic carbocycles. The minimum Gasteiger partial charge on any atom is -0.352 e. The number of piperazine rings is 1. The van der Waals surface area contributed by atoms with Gasteiger partial charge in [0.25, 0.3) is 0 Å². The Labute approximate surface area is 177 Å². The van der Waals surface area contributed by atoms with E-state index in [1.165, 1.54) is 35.7 Å². The van der Waals surface area contributed by atoms with E-state index in [9.17, 15) is 12.8 Å². The molecule has 7 nitrogen and oxygen atoms in total. The maximum Gasteiger partial charge on any atom is 0.243 e. The summed E-state index contributed by atoms with van der Waals surface area (Å²) in [6, 6.07) is 8.31. The number of nitrogens with zero attached hydrogens (tertiary/aromatic N) is 5. The number of piperidine rings is 1. The largest absolute Gasteiger partial charge is 0.352 e. The molecule has 2 aromatic rings. The fourth-order valence-electron chi connectivity index (χ4n) is 4.23. The Kier molecular flexibility index (Phi) is 5.92. The molecule has 9 heteroatoms. The maximum atomic E-state index is 13.6. The van der Waals surface area contributed by atoms with Gasteiger partial charge in [0.2, 0.25) is 10.0 Å². The van der Waals surface area contributed by atoms with Gasteiger partial charge in [0.05, 0.1) is 4.90 Å². The lowest BCUT2D eigenvalue weighted by molar-refractivity contribution is 0.383. The summed E-state index contributed by atoms with van der Waals surface area (Å²) < 4.78 is 41.0. The van der Waals surface area contributed by atoms with Gasteiger partial charge in [-0.25, -0.2) is 12.8 Å². The average Bonchev–Trinajstić information content (AvgIpc) is 2.76. The highest BCUT2D eigenvalue weighted by molar-refractivity contribution is 7.89.